The number of anilines is 2. The van der Waals surface area contributed by atoms with Gasteiger partial charge < -0.3 is 0 Å². The Morgan fingerprint density at radius 3 is 1.13 bits per heavy atom. The zero-order chi connectivity index (χ0) is 47.3. The average Bonchev–Trinajstić information content (AvgIpc) is 3.31. The number of amides is 4. The van der Waals surface area contributed by atoms with E-state index in [2.05, 4.69) is 79.7 Å². The molecule has 2 aliphatic rings. The molecule has 6 nitrogen and oxygen atoms in total. The minimum Gasteiger partial charge on any atom is -0.268 e. The summed E-state index contributed by atoms with van der Waals surface area (Å²) in [5.41, 5.74) is 8.93. The number of carbonyl (C=O) groups excluding carboxylic acids is 4. The summed E-state index contributed by atoms with van der Waals surface area (Å²) in [6.45, 7) is 17.3. The molecule has 7 aromatic carbocycles. The Labute approximate surface area is 397 Å². The molecule has 9 rings (SSSR count). The standard InChI is InChI=1S/C61H68N2O4/c1-9-11-13-15-17-19-21-39-23-32-52(49(33-39)36(3)4)62-58(64)45-28-24-41-43-26-30-47-56-48(31-27-44(54(43)56)42-25-29-46(59(62)65)55(45)53(41)42)61(67)63(60(47)66)57-50(37(5)6)34-40(35-51(57)38(7)8)22-20-18-16-14-12-10-2/h23-38H,9-22H2,1-8H3. The number of benzene rings is 7. The van der Waals surface area contributed by atoms with Crippen molar-refractivity contribution in [2.45, 2.75) is 163 Å². The predicted octanol–water partition coefficient (Wildman–Crippen LogP) is 16.5. The van der Waals surface area contributed by atoms with Crippen molar-refractivity contribution < 1.29 is 19.2 Å². The molecule has 0 saturated heterocycles. The molecule has 4 amide bonds. The van der Waals surface area contributed by atoms with Crippen LogP contribution in [0.2, 0.25) is 0 Å². The quantitative estimate of drug-likeness (QED) is 0.0351. The van der Waals surface area contributed by atoms with E-state index in [0.29, 0.717) is 38.7 Å². The first kappa shape index (κ1) is 46.2. The monoisotopic (exact) mass is 893 g/mol. The van der Waals surface area contributed by atoms with E-state index < -0.39 is 0 Å². The second kappa shape index (κ2) is 19.0. The van der Waals surface area contributed by atoms with E-state index in [4.69, 9.17) is 0 Å². The van der Waals surface area contributed by atoms with Crippen molar-refractivity contribution >= 4 is 78.1 Å². The molecule has 0 aliphatic carbocycles. The lowest BCUT2D eigenvalue weighted by molar-refractivity contribution is 0.0877. The van der Waals surface area contributed by atoms with Crippen molar-refractivity contribution in [3.63, 3.8) is 0 Å². The molecule has 0 fully saturated rings. The van der Waals surface area contributed by atoms with E-state index in [9.17, 15) is 9.59 Å². The molecule has 6 heteroatoms. The highest BCUT2D eigenvalue weighted by Crippen LogP contribution is 2.49. The van der Waals surface area contributed by atoms with Gasteiger partial charge in [-0.15, -0.1) is 0 Å². The van der Waals surface area contributed by atoms with E-state index in [-0.39, 0.29) is 41.4 Å². The van der Waals surface area contributed by atoms with Crippen molar-refractivity contribution in [1.82, 2.24) is 0 Å². The molecule has 0 aromatic heterocycles. The number of hydrogen-bond donors (Lipinski definition) is 0. The number of imide groups is 2. The Hall–Kier alpha value is -5.88. The predicted molar refractivity (Wildman–Crippen MR) is 279 cm³/mol. The van der Waals surface area contributed by atoms with Crippen LogP contribution in [0.4, 0.5) is 11.4 Å². The third kappa shape index (κ3) is 8.02. The molecule has 0 bridgehead atoms. The summed E-state index contributed by atoms with van der Waals surface area (Å²) in [5.74, 6) is -0.967. The highest BCUT2D eigenvalue weighted by atomic mass is 16.2. The number of rotatable bonds is 19. The number of nitrogens with zero attached hydrogens (tertiary/aromatic N) is 2. The van der Waals surface area contributed by atoms with Crippen molar-refractivity contribution in [3.8, 4) is 0 Å². The van der Waals surface area contributed by atoms with Gasteiger partial charge in [0.1, 0.15) is 0 Å². The Morgan fingerprint density at radius 2 is 0.731 bits per heavy atom. The summed E-state index contributed by atoms with van der Waals surface area (Å²) in [4.78, 5) is 62.5. The van der Waals surface area contributed by atoms with Crippen molar-refractivity contribution in [3.05, 3.63) is 129 Å². The largest absolute Gasteiger partial charge is 0.268 e. The Bertz CT molecular complexity index is 2930. The lowest BCUT2D eigenvalue weighted by Crippen LogP contribution is -2.42. The zero-order valence-corrected chi connectivity index (χ0v) is 41.2. The molecule has 0 spiro atoms. The van der Waals surface area contributed by atoms with Crippen LogP contribution in [0.15, 0.2) is 78.9 Å². The van der Waals surface area contributed by atoms with Gasteiger partial charge in [-0.3, -0.25) is 19.2 Å². The first-order valence-electron chi connectivity index (χ1n) is 25.6. The third-order valence-electron chi connectivity index (χ3n) is 14.9. The Morgan fingerprint density at radius 1 is 0.373 bits per heavy atom. The number of unbranched alkanes of at least 4 members (excludes halogenated alkanes) is 10. The van der Waals surface area contributed by atoms with Crippen LogP contribution < -0.4 is 9.80 Å². The van der Waals surface area contributed by atoms with Crippen LogP contribution in [0.25, 0.3) is 43.1 Å². The Kier molecular flexibility index (Phi) is 13.1. The molecule has 346 valence electrons. The molecule has 0 N–H and O–H groups in total. The Balaban J connectivity index is 1.10. The molecule has 0 saturated carbocycles. The summed E-state index contributed by atoms with van der Waals surface area (Å²) in [5, 5.41) is 6.57. The average molecular weight is 893 g/mol. The van der Waals surface area contributed by atoms with E-state index >= 15 is 9.59 Å². The summed E-state index contributed by atoms with van der Waals surface area (Å²) < 4.78 is 0. The first-order chi connectivity index (χ1) is 32.4. The molecule has 2 aliphatic heterocycles. The van der Waals surface area contributed by atoms with Gasteiger partial charge in [0.05, 0.1) is 11.4 Å². The SMILES string of the molecule is CCCCCCCCc1ccc(N2C(=O)c3ccc4c5ccc6c7c(ccc(c8ccc(c3c48)C2=O)c75)C(=O)N(c2c(C(C)C)cc(CCCCCCCC)cc2C(C)C)C6=O)c(C(C)C)c1. The molecular weight excluding hydrogens is 825 g/mol. The number of hydrogen-bond acceptors (Lipinski definition) is 4. The molecular formula is C61H68N2O4. The van der Waals surface area contributed by atoms with Crippen molar-refractivity contribution in [1.29, 1.82) is 0 Å². The van der Waals surface area contributed by atoms with Crippen LogP contribution in [0, 0.1) is 0 Å². The van der Waals surface area contributed by atoms with Crippen molar-refractivity contribution in [2.24, 2.45) is 0 Å². The van der Waals surface area contributed by atoms with E-state index in [1.54, 1.807) is 0 Å². The number of aryl methyl sites for hydroxylation is 2. The van der Waals surface area contributed by atoms with Crippen LogP contribution >= 0.6 is 0 Å². The van der Waals surface area contributed by atoms with Crippen LogP contribution in [0.5, 0.6) is 0 Å². The fourth-order valence-corrected chi connectivity index (χ4v) is 11.4. The minimum atomic E-state index is -0.323. The second-order valence-corrected chi connectivity index (χ2v) is 20.5. The molecule has 2 heterocycles. The van der Waals surface area contributed by atoms with Crippen LogP contribution in [-0.2, 0) is 12.8 Å². The topological polar surface area (TPSA) is 74.8 Å². The van der Waals surface area contributed by atoms with E-state index in [1.165, 1.54) is 85.1 Å². The van der Waals surface area contributed by atoms with Gasteiger partial charge in [-0.1, -0.05) is 168 Å². The minimum absolute atomic E-state index is 0.0938. The van der Waals surface area contributed by atoms with Crippen LogP contribution in [-0.4, -0.2) is 23.6 Å². The highest BCUT2D eigenvalue weighted by Gasteiger charge is 2.40. The van der Waals surface area contributed by atoms with Crippen LogP contribution in [0.1, 0.15) is 219 Å². The lowest BCUT2D eigenvalue weighted by atomic mass is 9.81. The van der Waals surface area contributed by atoms with Gasteiger partial charge in [0.25, 0.3) is 23.6 Å². The smallest absolute Gasteiger partial charge is 0.266 e. The molecule has 0 radical (unpaired) electrons. The van der Waals surface area contributed by atoms with Gasteiger partial charge in [0.15, 0.2) is 0 Å². The summed E-state index contributed by atoms with van der Waals surface area (Å²) in [6, 6.07) is 26.2. The van der Waals surface area contributed by atoms with Gasteiger partial charge >= 0.3 is 0 Å². The van der Waals surface area contributed by atoms with E-state index in [0.717, 1.165) is 80.4 Å². The third-order valence-corrected chi connectivity index (χ3v) is 14.9. The summed E-state index contributed by atoms with van der Waals surface area (Å²) in [6.07, 6.45) is 16.7. The lowest BCUT2D eigenvalue weighted by Gasteiger charge is -2.33. The highest BCUT2D eigenvalue weighted by molar-refractivity contribution is 6.45. The molecule has 0 unspecified atom stereocenters. The van der Waals surface area contributed by atoms with Crippen molar-refractivity contribution in [2.75, 3.05) is 9.80 Å². The first-order valence-corrected chi connectivity index (χ1v) is 25.6. The maximum atomic E-state index is 15.1. The maximum Gasteiger partial charge on any atom is 0.266 e. The number of fused-ring (bicyclic) bond motifs is 2. The van der Waals surface area contributed by atoms with Gasteiger partial charge in [0, 0.05) is 33.0 Å². The second-order valence-electron chi connectivity index (χ2n) is 20.5. The molecule has 7 aromatic rings. The van der Waals surface area contributed by atoms with E-state index in [1.807, 2.05) is 54.6 Å². The zero-order valence-electron chi connectivity index (χ0n) is 41.2. The fraction of sp³-hybridized carbons (Fsp3) is 0.410. The normalized spacial score (nSPS) is 14.1. The summed E-state index contributed by atoms with van der Waals surface area (Å²) >= 11 is 0. The van der Waals surface area contributed by atoms with Gasteiger partial charge in [-0.05, 0) is 134 Å². The fourth-order valence-electron chi connectivity index (χ4n) is 11.4. The van der Waals surface area contributed by atoms with Gasteiger partial charge in [-0.2, -0.15) is 0 Å². The number of carbonyl (C=O) groups is 4. The molecule has 0 atom stereocenters. The van der Waals surface area contributed by atoms with Gasteiger partial charge in [0.2, 0.25) is 0 Å². The van der Waals surface area contributed by atoms with Crippen LogP contribution in [0.3, 0.4) is 0 Å². The summed E-state index contributed by atoms with van der Waals surface area (Å²) in [7, 11) is 0. The molecule has 67 heavy (non-hydrogen) atoms. The van der Waals surface area contributed by atoms with Gasteiger partial charge in [-0.25, -0.2) is 9.80 Å². The maximum absolute atomic E-state index is 15.1.